The van der Waals surface area contributed by atoms with Crippen molar-refractivity contribution in [3.63, 3.8) is 0 Å². The van der Waals surface area contributed by atoms with Crippen molar-refractivity contribution in [2.75, 3.05) is 6.54 Å². The molecule has 0 radical (unpaired) electrons. The summed E-state index contributed by atoms with van der Waals surface area (Å²) in [6, 6.07) is 4.27. The number of rotatable bonds is 4. The Hall–Kier alpha value is -0.000000000000000111. The minimum Gasteiger partial charge on any atom is -0.211 e. The van der Waals surface area contributed by atoms with Gasteiger partial charge < -0.3 is 0 Å². The fourth-order valence-corrected chi connectivity index (χ4v) is 4.04. The fraction of sp³-hybridized carbons (Fsp3) is 0.500. The Kier molecular flexibility index (Phi) is 5.01. The van der Waals surface area contributed by atoms with E-state index in [2.05, 4.69) is 4.72 Å². The van der Waals surface area contributed by atoms with Crippen LogP contribution in [0, 0.1) is 5.92 Å². The summed E-state index contributed by atoms with van der Waals surface area (Å²) in [5.74, 6) is 0.306. The van der Waals surface area contributed by atoms with Gasteiger partial charge >= 0.3 is 0 Å². The van der Waals surface area contributed by atoms with Crippen molar-refractivity contribution < 1.29 is 8.42 Å². The molecule has 1 aromatic rings. The van der Waals surface area contributed by atoms with Gasteiger partial charge in [-0.25, -0.2) is 13.1 Å². The summed E-state index contributed by atoms with van der Waals surface area (Å²) < 4.78 is 26.8. The van der Waals surface area contributed by atoms with Crippen LogP contribution in [0.1, 0.15) is 19.3 Å². The predicted molar refractivity (Wildman–Crippen MR) is 78.6 cm³/mol. The van der Waals surface area contributed by atoms with Gasteiger partial charge in [-0.2, -0.15) is 0 Å². The van der Waals surface area contributed by atoms with Gasteiger partial charge in [-0.05, 0) is 43.4 Å². The molecular weight excluding hydrogens is 329 g/mol. The molecule has 1 saturated carbocycles. The molecule has 3 nitrogen and oxygen atoms in total. The van der Waals surface area contributed by atoms with Gasteiger partial charge in [-0.1, -0.05) is 23.2 Å². The average Bonchev–Trinajstić information content (AvgIpc) is 2.76. The van der Waals surface area contributed by atoms with Crippen LogP contribution in [-0.4, -0.2) is 20.3 Å². The van der Waals surface area contributed by atoms with Crippen LogP contribution in [0.5, 0.6) is 0 Å². The molecule has 0 bridgehead atoms. The van der Waals surface area contributed by atoms with E-state index in [1.165, 1.54) is 18.2 Å². The first-order valence-electron chi connectivity index (χ1n) is 5.97. The Morgan fingerprint density at radius 2 is 1.95 bits per heavy atom. The largest absolute Gasteiger partial charge is 0.240 e. The van der Waals surface area contributed by atoms with Gasteiger partial charge in [0.1, 0.15) is 0 Å². The second kappa shape index (κ2) is 6.19. The van der Waals surface area contributed by atoms with E-state index in [0.717, 1.165) is 19.3 Å². The van der Waals surface area contributed by atoms with E-state index in [0.29, 0.717) is 17.5 Å². The predicted octanol–water partition coefficient (Wildman–Crippen LogP) is 3.68. The summed E-state index contributed by atoms with van der Waals surface area (Å²) in [6.07, 6.45) is 2.75. The van der Waals surface area contributed by atoms with E-state index >= 15 is 0 Å². The SMILES string of the molecule is O=S(=O)(NCC1CCC(Cl)C1)c1ccc(Cl)c(Cl)c1. The zero-order chi connectivity index (χ0) is 14.0. The van der Waals surface area contributed by atoms with Crippen molar-refractivity contribution in [1.29, 1.82) is 0 Å². The lowest BCUT2D eigenvalue weighted by molar-refractivity contribution is 0.520. The van der Waals surface area contributed by atoms with E-state index in [1.807, 2.05) is 0 Å². The van der Waals surface area contributed by atoms with Gasteiger partial charge in [-0.3, -0.25) is 0 Å². The zero-order valence-corrected chi connectivity index (χ0v) is 13.2. The number of nitrogens with one attached hydrogen (secondary N) is 1. The molecule has 0 spiro atoms. The highest BCUT2D eigenvalue weighted by Crippen LogP contribution is 2.29. The summed E-state index contributed by atoms with van der Waals surface area (Å²) in [4.78, 5) is 0.127. The molecule has 2 unspecified atom stereocenters. The molecule has 1 fully saturated rings. The lowest BCUT2D eigenvalue weighted by Gasteiger charge is -2.11. The number of hydrogen-bond donors (Lipinski definition) is 1. The van der Waals surface area contributed by atoms with Gasteiger partial charge in [0.05, 0.1) is 14.9 Å². The number of benzene rings is 1. The van der Waals surface area contributed by atoms with E-state index in [1.54, 1.807) is 0 Å². The van der Waals surface area contributed by atoms with E-state index in [4.69, 9.17) is 34.8 Å². The van der Waals surface area contributed by atoms with Crippen LogP contribution in [-0.2, 0) is 10.0 Å². The molecule has 1 aliphatic rings. The lowest BCUT2D eigenvalue weighted by atomic mass is 10.1. The topological polar surface area (TPSA) is 46.2 Å². The molecule has 0 aliphatic heterocycles. The Labute approximate surface area is 128 Å². The Balaban J connectivity index is 2.03. The molecule has 0 heterocycles. The van der Waals surface area contributed by atoms with Crippen molar-refractivity contribution in [2.45, 2.75) is 29.5 Å². The second-order valence-corrected chi connectivity index (χ2v) is 7.90. The van der Waals surface area contributed by atoms with Crippen LogP contribution < -0.4 is 4.72 Å². The van der Waals surface area contributed by atoms with Gasteiger partial charge in [0, 0.05) is 11.9 Å². The molecule has 0 aromatic heterocycles. The van der Waals surface area contributed by atoms with E-state index in [-0.39, 0.29) is 15.3 Å². The first kappa shape index (κ1) is 15.4. The van der Waals surface area contributed by atoms with Crippen molar-refractivity contribution >= 4 is 44.8 Å². The van der Waals surface area contributed by atoms with Gasteiger partial charge in [0.15, 0.2) is 0 Å². The molecule has 1 aromatic carbocycles. The standard InChI is InChI=1S/C12H14Cl3NO2S/c13-9-2-1-8(5-9)7-16-19(17,18)10-3-4-11(14)12(15)6-10/h3-4,6,8-9,16H,1-2,5,7H2. The summed E-state index contributed by atoms with van der Waals surface area (Å²) in [5, 5.41) is 0.729. The van der Waals surface area contributed by atoms with Gasteiger partial charge in [-0.15, -0.1) is 11.6 Å². The van der Waals surface area contributed by atoms with Crippen molar-refractivity contribution in [3.8, 4) is 0 Å². The quantitative estimate of drug-likeness (QED) is 0.848. The van der Waals surface area contributed by atoms with Crippen LogP contribution in [0.3, 0.4) is 0 Å². The Morgan fingerprint density at radius 3 is 2.53 bits per heavy atom. The van der Waals surface area contributed by atoms with Crippen molar-refractivity contribution in [2.24, 2.45) is 5.92 Å². The van der Waals surface area contributed by atoms with E-state index in [9.17, 15) is 8.42 Å². The van der Waals surface area contributed by atoms with Crippen molar-refractivity contribution in [3.05, 3.63) is 28.2 Å². The molecule has 0 amide bonds. The maximum atomic E-state index is 12.1. The maximum Gasteiger partial charge on any atom is 0.240 e. The van der Waals surface area contributed by atoms with Gasteiger partial charge in [0.25, 0.3) is 0 Å². The summed E-state index contributed by atoms with van der Waals surface area (Å²) >= 11 is 17.6. The van der Waals surface area contributed by atoms with E-state index < -0.39 is 10.0 Å². The molecule has 106 valence electrons. The van der Waals surface area contributed by atoms with Crippen LogP contribution in [0.25, 0.3) is 0 Å². The number of alkyl halides is 1. The highest BCUT2D eigenvalue weighted by molar-refractivity contribution is 7.89. The number of halogens is 3. The summed E-state index contributed by atoms with van der Waals surface area (Å²) in [5.41, 5.74) is 0. The normalized spacial score (nSPS) is 23.7. The van der Waals surface area contributed by atoms with Crippen LogP contribution in [0.2, 0.25) is 10.0 Å². The highest BCUT2D eigenvalue weighted by Gasteiger charge is 2.25. The summed E-state index contributed by atoms with van der Waals surface area (Å²) in [6.45, 7) is 0.409. The minimum atomic E-state index is -3.54. The highest BCUT2D eigenvalue weighted by atomic mass is 35.5. The fourth-order valence-electron chi connectivity index (χ4n) is 2.15. The monoisotopic (exact) mass is 341 g/mol. The number of sulfonamides is 1. The molecular formula is C12H14Cl3NO2S. The van der Waals surface area contributed by atoms with Gasteiger partial charge in [0.2, 0.25) is 10.0 Å². The molecule has 19 heavy (non-hydrogen) atoms. The minimum absolute atomic E-state index is 0.127. The van der Waals surface area contributed by atoms with Crippen molar-refractivity contribution in [1.82, 2.24) is 4.72 Å². The third-order valence-corrected chi connectivity index (χ3v) is 5.80. The maximum absolute atomic E-state index is 12.1. The van der Waals surface area contributed by atoms with Crippen LogP contribution in [0.4, 0.5) is 0 Å². The second-order valence-electron chi connectivity index (χ2n) is 4.70. The zero-order valence-electron chi connectivity index (χ0n) is 10.1. The Bertz CT molecular complexity index is 562. The first-order chi connectivity index (χ1) is 8.88. The molecule has 2 atom stereocenters. The third kappa shape index (κ3) is 3.99. The lowest BCUT2D eigenvalue weighted by Crippen LogP contribution is -2.28. The average molecular weight is 343 g/mol. The molecule has 2 rings (SSSR count). The smallest absolute Gasteiger partial charge is 0.211 e. The summed E-state index contributed by atoms with van der Waals surface area (Å²) in [7, 11) is -3.54. The molecule has 0 saturated heterocycles. The third-order valence-electron chi connectivity index (χ3n) is 3.24. The molecule has 1 aliphatic carbocycles. The van der Waals surface area contributed by atoms with Crippen LogP contribution >= 0.6 is 34.8 Å². The molecule has 7 heteroatoms. The van der Waals surface area contributed by atoms with Crippen LogP contribution in [0.15, 0.2) is 23.1 Å². The first-order valence-corrected chi connectivity index (χ1v) is 8.65. The molecule has 1 N–H and O–H groups in total. The Morgan fingerprint density at radius 1 is 1.21 bits per heavy atom. The number of hydrogen-bond acceptors (Lipinski definition) is 2.